The molecule has 0 saturated carbocycles. The van der Waals surface area contributed by atoms with Crippen LogP contribution in [0.5, 0.6) is 0 Å². The highest BCUT2D eigenvalue weighted by atomic mass is 15.0. The van der Waals surface area contributed by atoms with Crippen LogP contribution in [0.15, 0.2) is 72.9 Å². The molecule has 0 aliphatic rings. The van der Waals surface area contributed by atoms with E-state index in [2.05, 4.69) is 91.3 Å². The van der Waals surface area contributed by atoms with Gasteiger partial charge < -0.3 is 0 Å². The largest absolute Gasteiger partial charge is 0.215 e. The van der Waals surface area contributed by atoms with Gasteiger partial charge in [-0.05, 0) is 36.2 Å². The van der Waals surface area contributed by atoms with Crippen molar-refractivity contribution in [1.82, 2.24) is 0 Å². The molecular formula is C21H22N+. The van der Waals surface area contributed by atoms with Gasteiger partial charge in [0.25, 0.3) is 0 Å². The Labute approximate surface area is 132 Å². The Balaban J connectivity index is 2.10. The lowest BCUT2D eigenvalue weighted by Gasteiger charge is -2.08. The van der Waals surface area contributed by atoms with Crippen LogP contribution in [0.25, 0.3) is 22.4 Å². The van der Waals surface area contributed by atoms with E-state index in [1.54, 1.807) is 0 Å². The van der Waals surface area contributed by atoms with Gasteiger partial charge in [-0.15, -0.1) is 0 Å². The number of aryl methyl sites for hydroxylation is 2. The molecule has 3 rings (SSSR count). The van der Waals surface area contributed by atoms with Crippen molar-refractivity contribution in [1.29, 1.82) is 0 Å². The quantitative estimate of drug-likeness (QED) is 0.593. The Bertz CT molecular complexity index is 760. The van der Waals surface area contributed by atoms with Crippen molar-refractivity contribution in [2.24, 2.45) is 0 Å². The van der Waals surface area contributed by atoms with Crippen molar-refractivity contribution in [2.45, 2.75) is 26.8 Å². The van der Waals surface area contributed by atoms with Crippen LogP contribution in [0.4, 0.5) is 0 Å². The van der Waals surface area contributed by atoms with E-state index in [1.165, 1.54) is 27.9 Å². The van der Waals surface area contributed by atoms with Crippen molar-refractivity contribution in [3.8, 4) is 22.4 Å². The molecule has 0 aliphatic carbocycles. The molecule has 1 aromatic heterocycles. The van der Waals surface area contributed by atoms with Gasteiger partial charge in [-0.1, -0.05) is 49.4 Å². The van der Waals surface area contributed by atoms with Crippen LogP contribution >= 0.6 is 0 Å². The molecular weight excluding hydrogens is 266 g/mol. The minimum absolute atomic E-state index is 1.05. The summed E-state index contributed by atoms with van der Waals surface area (Å²) in [7, 11) is 0. The van der Waals surface area contributed by atoms with Gasteiger partial charge in [-0.25, -0.2) is 0 Å². The van der Waals surface area contributed by atoms with E-state index in [4.69, 9.17) is 0 Å². The van der Waals surface area contributed by atoms with E-state index < -0.39 is 0 Å². The predicted molar refractivity (Wildman–Crippen MR) is 92.5 cm³/mol. The maximum Gasteiger partial charge on any atom is 0.215 e. The first kappa shape index (κ1) is 14.5. The number of rotatable bonds is 4. The van der Waals surface area contributed by atoms with Gasteiger partial charge in [0.05, 0.1) is 0 Å². The van der Waals surface area contributed by atoms with Crippen LogP contribution in [0.1, 0.15) is 18.9 Å². The van der Waals surface area contributed by atoms with E-state index in [9.17, 15) is 0 Å². The molecule has 0 radical (unpaired) electrons. The van der Waals surface area contributed by atoms with E-state index in [1.807, 2.05) is 0 Å². The van der Waals surface area contributed by atoms with Gasteiger partial charge in [0.1, 0.15) is 6.54 Å². The Morgan fingerprint density at radius 1 is 0.773 bits per heavy atom. The van der Waals surface area contributed by atoms with E-state index >= 15 is 0 Å². The number of nitrogens with zero attached hydrogens (tertiary/aromatic N) is 1. The van der Waals surface area contributed by atoms with Crippen molar-refractivity contribution in [2.75, 3.05) is 0 Å². The standard InChI is InChI=1S/C21H22N/c1-3-14-22-15-8-9-17(2)21(22)20-13-7-12-19(16-20)18-10-5-4-6-11-18/h4-13,15-16H,3,14H2,1-2H3/q+1. The zero-order valence-corrected chi connectivity index (χ0v) is 13.3. The highest BCUT2D eigenvalue weighted by molar-refractivity contribution is 5.71. The summed E-state index contributed by atoms with van der Waals surface area (Å²) in [5.74, 6) is 0. The third-order valence-electron chi connectivity index (χ3n) is 3.98. The predicted octanol–water partition coefficient (Wildman–Crippen LogP) is 5.03. The lowest BCUT2D eigenvalue weighted by molar-refractivity contribution is -0.686. The maximum atomic E-state index is 2.36. The zero-order valence-electron chi connectivity index (χ0n) is 13.3. The van der Waals surface area contributed by atoms with Crippen molar-refractivity contribution < 1.29 is 4.57 Å². The van der Waals surface area contributed by atoms with Crippen molar-refractivity contribution >= 4 is 0 Å². The minimum atomic E-state index is 1.05. The highest BCUT2D eigenvalue weighted by Gasteiger charge is 2.15. The van der Waals surface area contributed by atoms with Crippen LogP contribution in [-0.2, 0) is 6.54 Å². The third kappa shape index (κ3) is 2.94. The summed E-state index contributed by atoms with van der Waals surface area (Å²) in [5.41, 5.74) is 6.46. The highest BCUT2D eigenvalue weighted by Crippen LogP contribution is 2.26. The van der Waals surface area contributed by atoms with Gasteiger partial charge in [0, 0.05) is 23.6 Å². The topological polar surface area (TPSA) is 3.88 Å². The molecule has 0 atom stereocenters. The Morgan fingerprint density at radius 3 is 2.27 bits per heavy atom. The van der Waals surface area contributed by atoms with Crippen LogP contribution in [0.3, 0.4) is 0 Å². The molecule has 1 heterocycles. The first-order valence-electron chi connectivity index (χ1n) is 7.94. The molecule has 0 spiro atoms. The van der Waals surface area contributed by atoms with Gasteiger partial charge >= 0.3 is 0 Å². The number of hydrogen-bond acceptors (Lipinski definition) is 0. The smallest absolute Gasteiger partial charge is 0.198 e. The Hall–Kier alpha value is -2.41. The second-order valence-corrected chi connectivity index (χ2v) is 5.68. The number of aromatic nitrogens is 1. The van der Waals surface area contributed by atoms with E-state index in [-0.39, 0.29) is 0 Å². The number of benzene rings is 2. The Kier molecular flexibility index (Phi) is 4.34. The second kappa shape index (κ2) is 6.57. The van der Waals surface area contributed by atoms with Crippen molar-refractivity contribution in [3.05, 3.63) is 78.5 Å². The summed E-state index contributed by atoms with van der Waals surface area (Å²) >= 11 is 0. The maximum absolute atomic E-state index is 2.36. The molecule has 0 fully saturated rings. The molecule has 0 amide bonds. The molecule has 1 heteroatoms. The molecule has 2 aromatic carbocycles. The third-order valence-corrected chi connectivity index (χ3v) is 3.98. The molecule has 1 nitrogen and oxygen atoms in total. The van der Waals surface area contributed by atoms with Crippen molar-refractivity contribution in [3.63, 3.8) is 0 Å². The minimum Gasteiger partial charge on any atom is -0.198 e. The lowest BCUT2D eigenvalue weighted by Crippen LogP contribution is -2.36. The fraction of sp³-hybridized carbons (Fsp3) is 0.190. The monoisotopic (exact) mass is 288 g/mol. The average molecular weight is 288 g/mol. The molecule has 0 unspecified atom stereocenters. The molecule has 3 aromatic rings. The summed E-state index contributed by atoms with van der Waals surface area (Å²) in [6.45, 7) is 5.46. The number of pyridine rings is 1. The summed E-state index contributed by atoms with van der Waals surface area (Å²) in [5, 5.41) is 0. The van der Waals surface area contributed by atoms with Crippen LogP contribution < -0.4 is 4.57 Å². The first-order chi connectivity index (χ1) is 10.8. The van der Waals surface area contributed by atoms with Gasteiger partial charge in [-0.2, -0.15) is 4.57 Å². The van der Waals surface area contributed by atoms with E-state index in [0.29, 0.717) is 0 Å². The van der Waals surface area contributed by atoms with Gasteiger partial charge in [0.2, 0.25) is 5.69 Å². The summed E-state index contributed by atoms with van der Waals surface area (Å²) in [6.07, 6.45) is 3.32. The zero-order chi connectivity index (χ0) is 15.4. The lowest BCUT2D eigenvalue weighted by atomic mass is 9.99. The van der Waals surface area contributed by atoms with Crippen LogP contribution in [0, 0.1) is 6.92 Å². The number of hydrogen-bond donors (Lipinski definition) is 0. The molecule has 0 aliphatic heterocycles. The van der Waals surface area contributed by atoms with Crippen LogP contribution in [-0.4, -0.2) is 0 Å². The second-order valence-electron chi connectivity index (χ2n) is 5.68. The molecule has 0 bridgehead atoms. The fourth-order valence-electron chi connectivity index (χ4n) is 2.97. The average Bonchev–Trinajstić information content (AvgIpc) is 2.56. The molecule has 0 N–H and O–H groups in total. The molecule has 22 heavy (non-hydrogen) atoms. The Morgan fingerprint density at radius 2 is 1.50 bits per heavy atom. The SMILES string of the molecule is CCC[n+]1cccc(C)c1-c1cccc(-c2ccccc2)c1. The first-order valence-corrected chi connectivity index (χ1v) is 7.94. The molecule has 110 valence electrons. The van der Waals surface area contributed by atoms with Gasteiger partial charge in [-0.3, -0.25) is 0 Å². The van der Waals surface area contributed by atoms with Gasteiger partial charge in [0.15, 0.2) is 6.20 Å². The summed E-state index contributed by atoms with van der Waals surface area (Å²) < 4.78 is 2.36. The fourth-order valence-corrected chi connectivity index (χ4v) is 2.97. The molecule has 0 saturated heterocycles. The summed E-state index contributed by atoms with van der Waals surface area (Å²) in [6, 6.07) is 23.7. The summed E-state index contributed by atoms with van der Waals surface area (Å²) in [4.78, 5) is 0. The normalized spacial score (nSPS) is 10.6. The van der Waals surface area contributed by atoms with E-state index in [0.717, 1.165) is 13.0 Å². The van der Waals surface area contributed by atoms with Crippen LogP contribution in [0.2, 0.25) is 0 Å².